The molecule has 14 heavy (non-hydrogen) atoms. The van der Waals surface area contributed by atoms with Gasteiger partial charge in [-0.25, -0.2) is 0 Å². The molecule has 0 heterocycles. The first kappa shape index (κ1) is 10.5. The molecule has 0 aromatic carbocycles. The zero-order valence-corrected chi connectivity index (χ0v) is 9.97. The number of fused-ring (bicyclic) bond motifs is 1. The van der Waals surface area contributed by atoms with Gasteiger partial charge >= 0.3 is 0 Å². The lowest BCUT2D eigenvalue weighted by molar-refractivity contribution is -0.0601. The van der Waals surface area contributed by atoms with E-state index in [2.05, 4.69) is 13.8 Å². The van der Waals surface area contributed by atoms with E-state index >= 15 is 0 Å². The van der Waals surface area contributed by atoms with Gasteiger partial charge in [-0.15, -0.1) is 0 Å². The van der Waals surface area contributed by atoms with E-state index in [0.29, 0.717) is 0 Å². The molecule has 0 spiro atoms. The summed E-state index contributed by atoms with van der Waals surface area (Å²) < 4.78 is 0. The Bertz CT molecular complexity index is 167. The Labute approximate surface area is 89.5 Å². The Morgan fingerprint density at radius 2 is 1.57 bits per heavy atom. The highest BCUT2D eigenvalue weighted by Gasteiger charge is 2.48. The zero-order chi connectivity index (χ0) is 9.97. The van der Waals surface area contributed by atoms with Crippen molar-refractivity contribution in [2.45, 2.75) is 65.2 Å². The largest absolute Gasteiger partial charge is 0.0654 e. The smallest absolute Gasteiger partial charge is 0.0352 e. The molecule has 0 aromatic rings. The summed E-state index contributed by atoms with van der Waals surface area (Å²) in [6.07, 6.45) is 12.0. The highest BCUT2D eigenvalue weighted by Crippen LogP contribution is 2.56. The monoisotopic (exact) mass is 194 g/mol. The maximum atomic E-state index is 2.41. The second-order valence-corrected chi connectivity index (χ2v) is 5.49. The average molecular weight is 194 g/mol. The maximum Gasteiger partial charge on any atom is -0.0352 e. The second-order valence-electron chi connectivity index (χ2n) is 5.49. The molecule has 2 saturated carbocycles. The molecular weight excluding hydrogens is 168 g/mol. The van der Waals surface area contributed by atoms with E-state index < -0.39 is 0 Å². The van der Waals surface area contributed by atoms with Crippen LogP contribution in [0.25, 0.3) is 0 Å². The average Bonchev–Trinajstić information content (AvgIpc) is 2.20. The Kier molecular flexibility index (Phi) is 3.52. The van der Waals surface area contributed by atoms with Gasteiger partial charge < -0.3 is 0 Å². The SMILES string of the molecule is CCCCC1C(CC)C2CCCCC12. The van der Waals surface area contributed by atoms with E-state index in [1.165, 1.54) is 38.5 Å². The number of hydrogen-bond acceptors (Lipinski definition) is 0. The minimum Gasteiger partial charge on any atom is -0.0654 e. The molecule has 2 rings (SSSR count). The molecule has 0 heteroatoms. The van der Waals surface area contributed by atoms with Crippen molar-refractivity contribution in [2.24, 2.45) is 23.7 Å². The van der Waals surface area contributed by atoms with E-state index in [1.807, 2.05) is 0 Å². The maximum absolute atomic E-state index is 2.41. The molecule has 0 saturated heterocycles. The minimum absolute atomic E-state index is 1.12. The molecule has 0 nitrogen and oxygen atoms in total. The van der Waals surface area contributed by atoms with E-state index in [-0.39, 0.29) is 0 Å². The summed E-state index contributed by atoms with van der Waals surface area (Å²) in [4.78, 5) is 0. The molecular formula is C14H26. The number of rotatable bonds is 4. The first-order valence-corrected chi connectivity index (χ1v) is 6.88. The zero-order valence-electron chi connectivity index (χ0n) is 9.97. The van der Waals surface area contributed by atoms with Crippen LogP contribution in [-0.4, -0.2) is 0 Å². The van der Waals surface area contributed by atoms with Gasteiger partial charge in [0.05, 0.1) is 0 Å². The van der Waals surface area contributed by atoms with Gasteiger partial charge in [0.2, 0.25) is 0 Å². The predicted octanol–water partition coefficient (Wildman–Crippen LogP) is 4.64. The van der Waals surface area contributed by atoms with Gasteiger partial charge in [-0.05, 0) is 42.9 Å². The molecule has 0 radical (unpaired) electrons. The molecule has 4 atom stereocenters. The van der Waals surface area contributed by atoms with Gasteiger partial charge in [0.15, 0.2) is 0 Å². The van der Waals surface area contributed by atoms with Gasteiger partial charge in [-0.2, -0.15) is 0 Å². The fourth-order valence-electron chi connectivity index (χ4n) is 4.21. The molecule has 0 N–H and O–H groups in total. The normalized spacial score (nSPS) is 41.6. The van der Waals surface area contributed by atoms with Crippen LogP contribution in [0, 0.1) is 23.7 Å². The van der Waals surface area contributed by atoms with Crippen LogP contribution in [0.2, 0.25) is 0 Å². The fraction of sp³-hybridized carbons (Fsp3) is 1.00. The Morgan fingerprint density at radius 3 is 2.14 bits per heavy atom. The first-order valence-electron chi connectivity index (χ1n) is 6.88. The Balaban J connectivity index is 1.88. The second kappa shape index (κ2) is 4.68. The van der Waals surface area contributed by atoms with Crippen molar-refractivity contribution in [1.82, 2.24) is 0 Å². The van der Waals surface area contributed by atoms with Gasteiger partial charge in [-0.1, -0.05) is 46.0 Å². The van der Waals surface area contributed by atoms with Gasteiger partial charge in [-0.3, -0.25) is 0 Å². The third-order valence-corrected chi connectivity index (χ3v) is 4.89. The van der Waals surface area contributed by atoms with Crippen molar-refractivity contribution in [2.75, 3.05) is 0 Å². The van der Waals surface area contributed by atoms with Crippen molar-refractivity contribution < 1.29 is 0 Å². The van der Waals surface area contributed by atoms with Crippen LogP contribution < -0.4 is 0 Å². The highest BCUT2D eigenvalue weighted by molar-refractivity contribution is 4.97. The van der Waals surface area contributed by atoms with Crippen molar-refractivity contribution in [1.29, 1.82) is 0 Å². The summed E-state index contributed by atoms with van der Waals surface area (Å²) >= 11 is 0. The van der Waals surface area contributed by atoms with Gasteiger partial charge in [0.25, 0.3) is 0 Å². The van der Waals surface area contributed by atoms with Crippen molar-refractivity contribution in [3.63, 3.8) is 0 Å². The summed E-state index contributed by atoms with van der Waals surface area (Å²) in [5, 5.41) is 0. The number of hydrogen-bond donors (Lipinski definition) is 0. The molecule has 2 aliphatic carbocycles. The molecule has 0 bridgehead atoms. The van der Waals surface area contributed by atoms with Gasteiger partial charge in [0, 0.05) is 0 Å². The van der Waals surface area contributed by atoms with Crippen molar-refractivity contribution >= 4 is 0 Å². The molecule has 4 unspecified atom stereocenters. The summed E-state index contributed by atoms with van der Waals surface area (Å²) in [6.45, 7) is 4.74. The molecule has 82 valence electrons. The lowest BCUT2D eigenvalue weighted by Crippen LogP contribution is -2.48. The van der Waals surface area contributed by atoms with Crippen LogP contribution >= 0.6 is 0 Å². The van der Waals surface area contributed by atoms with Crippen molar-refractivity contribution in [3.8, 4) is 0 Å². The molecule has 0 aliphatic heterocycles. The summed E-state index contributed by atoms with van der Waals surface area (Å²) in [6, 6.07) is 0. The highest BCUT2D eigenvalue weighted by atomic mass is 14.5. The van der Waals surface area contributed by atoms with Crippen LogP contribution in [0.1, 0.15) is 65.2 Å². The molecule has 2 aliphatic rings. The quantitative estimate of drug-likeness (QED) is 0.611. The van der Waals surface area contributed by atoms with E-state index in [0.717, 1.165) is 23.7 Å². The third-order valence-electron chi connectivity index (χ3n) is 4.89. The number of unbranched alkanes of at least 4 members (excludes halogenated alkanes) is 1. The summed E-state index contributed by atoms with van der Waals surface area (Å²) in [5.41, 5.74) is 0. The van der Waals surface area contributed by atoms with Crippen LogP contribution in [0.4, 0.5) is 0 Å². The van der Waals surface area contributed by atoms with E-state index in [1.54, 1.807) is 12.8 Å². The van der Waals surface area contributed by atoms with Crippen LogP contribution in [0.3, 0.4) is 0 Å². The molecule has 0 aromatic heterocycles. The summed E-state index contributed by atoms with van der Waals surface area (Å²) in [7, 11) is 0. The van der Waals surface area contributed by atoms with Crippen LogP contribution in [-0.2, 0) is 0 Å². The Hall–Kier alpha value is 0. The lowest BCUT2D eigenvalue weighted by atomic mass is 9.50. The predicted molar refractivity (Wildman–Crippen MR) is 62.2 cm³/mol. The molecule has 2 fully saturated rings. The van der Waals surface area contributed by atoms with Crippen LogP contribution in [0.15, 0.2) is 0 Å². The molecule has 0 amide bonds. The van der Waals surface area contributed by atoms with Crippen LogP contribution in [0.5, 0.6) is 0 Å². The fourth-order valence-corrected chi connectivity index (χ4v) is 4.21. The topological polar surface area (TPSA) is 0 Å². The first-order chi connectivity index (χ1) is 6.88. The van der Waals surface area contributed by atoms with E-state index in [9.17, 15) is 0 Å². The lowest BCUT2D eigenvalue weighted by Gasteiger charge is -2.55. The van der Waals surface area contributed by atoms with Gasteiger partial charge in [0.1, 0.15) is 0 Å². The van der Waals surface area contributed by atoms with E-state index in [4.69, 9.17) is 0 Å². The summed E-state index contributed by atoms with van der Waals surface area (Å²) in [5.74, 6) is 4.55. The Morgan fingerprint density at radius 1 is 0.929 bits per heavy atom. The van der Waals surface area contributed by atoms with Crippen molar-refractivity contribution in [3.05, 3.63) is 0 Å². The standard InChI is InChI=1S/C14H26/c1-3-5-8-12-11(4-2)13-9-6-7-10-14(12)13/h11-14H,3-10H2,1-2H3. The third kappa shape index (κ3) is 1.73. The minimum atomic E-state index is 1.12.